The molecule has 284 valence electrons. The van der Waals surface area contributed by atoms with E-state index < -0.39 is 0 Å². The number of furan rings is 1. The first kappa shape index (κ1) is 34.8. The summed E-state index contributed by atoms with van der Waals surface area (Å²) in [4.78, 5) is 15.0. The molecule has 0 fully saturated rings. The van der Waals surface area contributed by atoms with Gasteiger partial charge in [-0.05, 0) is 90.0 Å². The topological polar surface area (TPSA) is 51.8 Å². The molecule has 0 unspecified atom stereocenters. The van der Waals surface area contributed by atoms with Crippen LogP contribution < -0.4 is 0 Å². The number of rotatable bonds is 6. The molecule has 0 aliphatic rings. The SMILES string of the molecule is c1ccc(-c2nc(-c3ccccc3)nc(-c3cc(-c4ccc(-c5ccc(-c6ccc7c8ccccc8c8ccccc8c7c6)cc5)cc4)c4c(c3)oc3ccccc34)n2)cc1. The van der Waals surface area contributed by atoms with Crippen LogP contribution in [0.3, 0.4) is 0 Å². The summed E-state index contributed by atoms with van der Waals surface area (Å²) in [5.74, 6) is 1.82. The monoisotopic (exact) mass is 777 g/mol. The Morgan fingerprint density at radius 1 is 0.246 bits per heavy atom. The Hall–Kier alpha value is -8.21. The van der Waals surface area contributed by atoms with Crippen molar-refractivity contribution >= 4 is 54.3 Å². The highest BCUT2D eigenvalue weighted by Gasteiger charge is 2.19. The second kappa shape index (κ2) is 14.3. The number of para-hydroxylation sites is 1. The van der Waals surface area contributed by atoms with Crippen molar-refractivity contribution in [1.82, 2.24) is 15.0 Å². The van der Waals surface area contributed by atoms with Crippen LogP contribution in [0.25, 0.3) is 122 Å². The summed E-state index contributed by atoms with van der Waals surface area (Å²) in [5, 5.41) is 9.84. The third-order valence-electron chi connectivity index (χ3n) is 11.9. The van der Waals surface area contributed by atoms with Crippen molar-refractivity contribution in [3.05, 3.63) is 212 Å². The zero-order valence-electron chi connectivity index (χ0n) is 33.0. The van der Waals surface area contributed by atoms with Crippen molar-refractivity contribution in [2.24, 2.45) is 0 Å². The number of nitrogens with zero attached hydrogens (tertiary/aromatic N) is 3. The number of hydrogen-bond donors (Lipinski definition) is 0. The Morgan fingerprint density at radius 3 is 1.21 bits per heavy atom. The number of aromatic nitrogens is 3. The van der Waals surface area contributed by atoms with Gasteiger partial charge in [0, 0.05) is 27.5 Å². The van der Waals surface area contributed by atoms with E-state index in [1.165, 1.54) is 43.4 Å². The molecule has 0 bridgehead atoms. The van der Waals surface area contributed by atoms with Crippen molar-refractivity contribution in [1.29, 1.82) is 0 Å². The summed E-state index contributed by atoms with van der Waals surface area (Å²) >= 11 is 0. The molecule has 2 heterocycles. The van der Waals surface area contributed by atoms with Crippen LogP contribution in [0.4, 0.5) is 0 Å². The van der Waals surface area contributed by atoms with Gasteiger partial charge in [-0.1, -0.05) is 188 Å². The fourth-order valence-corrected chi connectivity index (χ4v) is 8.93. The molecule has 4 heteroatoms. The van der Waals surface area contributed by atoms with Gasteiger partial charge >= 0.3 is 0 Å². The molecule has 0 aliphatic carbocycles. The second-order valence-corrected chi connectivity index (χ2v) is 15.5. The molecular formula is C57H35N3O. The van der Waals surface area contributed by atoms with E-state index >= 15 is 0 Å². The Bertz CT molecular complexity index is 3520. The van der Waals surface area contributed by atoms with Crippen molar-refractivity contribution in [3.8, 4) is 67.5 Å². The van der Waals surface area contributed by atoms with Gasteiger partial charge in [0.15, 0.2) is 17.5 Å². The standard InChI is InChI=1S/C57H35N3O/c1-3-13-40(14-4-1)55-58-56(41-15-5-2-6-16-41)60-57(59-55)43-34-50(54-49-21-11-12-22-52(49)61-53(54)35-43)39-29-27-37(28-30-39)36-23-25-38(26-24-36)42-31-32-48-46-19-8-7-17-44(46)45-18-9-10-20-47(45)51(48)33-42/h1-35H. The van der Waals surface area contributed by atoms with Crippen LogP contribution in [0.2, 0.25) is 0 Å². The van der Waals surface area contributed by atoms with Gasteiger partial charge in [-0.25, -0.2) is 15.0 Å². The predicted octanol–water partition coefficient (Wildman–Crippen LogP) is 15.2. The highest BCUT2D eigenvalue weighted by molar-refractivity contribution is 6.25. The highest BCUT2D eigenvalue weighted by Crippen LogP contribution is 2.41. The van der Waals surface area contributed by atoms with Crippen molar-refractivity contribution in [2.45, 2.75) is 0 Å². The van der Waals surface area contributed by atoms with Gasteiger partial charge in [0.1, 0.15) is 11.2 Å². The lowest BCUT2D eigenvalue weighted by atomic mass is 9.91. The minimum absolute atomic E-state index is 0.584. The summed E-state index contributed by atoms with van der Waals surface area (Å²) in [6.07, 6.45) is 0. The summed E-state index contributed by atoms with van der Waals surface area (Å²) in [7, 11) is 0. The average Bonchev–Trinajstić information content (AvgIpc) is 3.73. The number of hydrogen-bond acceptors (Lipinski definition) is 4. The molecule has 12 aromatic rings. The largest absolute Gasteiger partial charge is 0.456 e. The van der Waals surface area contributed by atoms with E-state index in [9.17, 15) is 0 Å². The first-order chi connectivity index (χ1) is 30.2. The Morgan fingerprint density at radius 2 is 0.656 bits per heavy atom. The van der Waals surface area contributed by atoms with Gasteiger partial charge < -0.3 is 4.42 Å². The van der Waals surface area contributed by atoms with Crippen LogP contribution in [0.5, 0.6) is 0 Å². The quantitative estimate of drug-likeness (QED) is 0.158. The van der Waals surface area contributed by atoms with Gasteiger partial charge in [-0.2, -0.15) is 0 Å². The molecule has 0 aliphatic heterocycles. The molecule has 0 saturated carbocycles. The lowest BCUT2D eigenvalue weighted by Gasteiger charge is -2.12. The maximum Gasteiger partial charge on any atom is 0.164 e. The molecule has 0 saturated heterocycles. The lowest BCUT2D eigenvalue weighted by molar-refractivity contribution is 0.669. The van der Waals surface area contributed by atoms with Crippen LogP contribution >= 0.6 is 0 Å². The zero-order chi connectivity index (χ0) is 40.3. The number of benzene rings is 10. The van der Waals surface area contributed by atoms with Gasteiger partial charge in [0.05, 0.1) is 0 Å². The van der Waals surface area contributed by atoms with E-state index in [4.69, 9.17) is 19.4 Å². The predicted molar refractivity (Wildman–Crippen MR) is 252 cm³/mol. The normalized spacial score (nSPS) is 11.6. The molecular weight excluding hydrogens is 743 g/mol. The fourth-order valence-electron chi connectivity index (χ4n) is 8.93. The van der Waals surface area contributed by atoms with Gasteiger partial charge in [-0.15, -0.1) is 0 Å². The van der Waals surface area contributed by atoms with E-state index in [1.54, 1.807) is 0 Å². The molecule has 2 aromatic heterocycles. The summed E-state index contributed by atoms with van der Waals surface area (Å²) in [5.41, 5.74) is 11.2. The smallest absolute Gasteiger partial charge is 0.164 e. The lowest BCUT2D eigenvalue weighted by Crippen LogP contribution is -2.00. The van der Waals surface area contributed by atoms with Crippen LogP contribution in [-0.4, -0.2) is 15.0 Å². The number of fused-ring (bicyclic) bond motifs is 9. The summed E-state index contributed by atoms with van der Waals surface area (Å²) in [6.45, 7) is 0. The van der Waals surface area contributed by atoms with Gasteiger partial charge in [0.2, 0.25) is 0 Å². The van der Waals surface area contributed by atoms with E-state index in [0.29, 0.717) is 17.5 Å². The second-order valence-electron chi connectivity index (χ2n) is 15.5. The molecule has 0 amide bonds. The molecule has 0 N–H and O–H groups in total. The summed E-state index contributed by atoms with van der Waals surface area (Å²) in [6, 6.07) is 74.8. The average molecular weight is 778 g/mol. The minimum atomic E-state index is 0.584. The van der Waals surface area contributed by atoms with Crippen molar-refractivity contribution < 1.29 is 4.42 Å². The maximum atomic E-state index is 6.54. The van der Waals surface area contributed by atoms with Gasteiger partial charge in [-0.3, -0.25) is 0 Å². The molecule has 0 radical (unpaired) electrons. The molecule has 0 atom stereocenters. The van der Waals surface area contributed by atoms with E-state index in [1.807, 2.05) is 72.8 Å². The highest BCUT2D eigenvalue weighted by atomic mass is 16.3. The Kier molecular flexibility index (Phi) is 8.13. The summed E-state index contributed by atoms with van der Waals surface area (Å²) < 4.78 is 6.54. The van der Waals surface area contributed by atoms with Crippen LogP contribution in [0.1, 0.15) is 0 Å². The van der Waals surface area contributed by atoms with Crippen LogP contribution in [0.15, 0.2) is 217 Å². The van der Waals surface area contributed by atoms with E-state index in [2.05, 4.69) is 140 Å². The molecule has 4 nitrogen and oxygen atoms in total. The fraction of sp³-hybridized carbons (Fsp3) is 0. The first-order valence-corrected chi connectivity index (χ1v) is 20.6. The molecule has 12 rings (SSSR count). The Balaban J connectivity index is 0.931. The van der Waals surface area contributed by atoms with Crippen LogP contribution in [0, 0.1) is 0 Å². The Labute approximate surface area is 352 Å². The third-order valence-corrected chi connectivity index (χ3v) is 11.9. The van der Waals surface area contributed by atoms with Crippen molar-refractivity contribution in [2.75, 3.05) is 0 Å². The first-order valence-electron chi connectivity index (χ1n) is 20.6. The third kappa shape index (κ3) is 6.04. The zero-order valence-corrected chi connectivity index (χ0v) is 33.0. The minimum Gasteiger partial charge on any atom is -0.456 e. The van der Waals surface area contributed by atoms with E-state index in [0.717, 1.165) is 60.9 Å². The van der Waals surface area contributed by atoms with Gasteiger partial charge in [0.25, 0.3) is 0 Å². The molecule has 0 spiro atoms. The van der Waals surface area contributed by atoms with Crippen molar-refractivity contribution in [3.63, 3.8) is 0 Å². The molecule has 10 aromatic carbocycles. The molecule has 61 heavy (non-hydrogen) atoms. The van der Waals surface area contributed by atoms with E-state index in [-0.39, 0.29) is 0 Å². The van der Waals surface area contributed by atoms with Crippen LogP contribution in [-0.2, 0) is 0 Å². The maximum absolute atomic E-state index is 6.54.